The van der Waals surface area contributed by atoms with Crippen LogP contribution in [0.15, 0.2) is 0 Å². The first kappa shape index (κ1) is 23.5. The van der Waals surface area contributed by atoms with Gasteiger partial charge in [-0.2, -0.15) is 0 Å². The fourth-order valence-electron chi connectivity index (χ4n) is 5.13. The van der Waals surface area contributed by atoms with Crippen molar-refractivity contribution in [3.05, 3.63) is 0 Å². The number of nitrogens with one attached hydrogen (secondary N) is 2. The molecule has 0 aromatic carbocycles. The van der Waals surface area contributed by atoms with E-state index in [1.54, 1.807) is 9.80 Å². The first-order chi connectivity index (χ1) is 14.9. The fraction of sp³-hybridized carbons (Fsp3) is 0.818. The zero-order chi connectivity index (χ0) is 22.4. The molecule has 2 atom stereocenters. The first-order valence-electron chi connectivity index (χ1n) is 11.7. The van der Waals surface area contributed by atoms with Gasteiger partial charge in [0, 0.05) is 25.9 Å². The van der Waals surface area contributed by atoms with Gasteiger partial charge < -0.3 is 26.2 Å². The van der Waals surface area contributed by atoms with E-state index in [9.17, 15) is 19.2 Å². The maximum atomic E-state index is 13.3. The van der Waals surface area contributed by atoms with Crippen LogP contribution in [0.3, 0.4) is 0 Å². The highest BCUT2D eigenvalue weighted by molar-refractivity contribution is 5.93. The third-order valence-electron chi connectivity index (χ3n) is 7.05. The topological polar surface area (TPSA) is 125 Å². The lowest BCUT2D eigenvalue weighted by Crippen LogP contribution is -2.64. The Kier molecular flexibility index (Phi) is 8.28. The molecular formula is C22H37N5O4. The Morgan fingerprint density at radius 3 is 2.32 bits per heavy atom. The first-order valence-corrected chi connectivity index (χ1v) is 11.7. The number of rotatable bonds is 6. The molecule has 0 aromatic heterocycles. The molecule has 1 saturated carbocycles. The summed E-state index contributed by atoms with van der Waals surface area (Å²) in [5.41, 5.74) is 5.61. The molecule has 0 radical (unpaired) electrons. The van der Waals surface area contributed by atoms with Gasteiger partial charge in [0.15, 0.2) is 0 Å². The van der Waals surface area contributed by atoms with E-state index in [1.807, 2.05) is 0 Å². The largest absolute Gasteiger partial charge is 0.368 e. The molecule has 31 heavy (non-hydrogen) atoms. The number of piperidine rings is 1. The Balaban J connectivity index is 1.70. The standard InChI is InChI=1S/C22H37N5O4/c1-15(28)26-11-12-27(22(31)17-7-9-24-10-8-17)19(14-26)21(30)25-18(20(23)29)13-16-5-3-2-4-6-16/h16-19,24H,2-14H2,1H3,(H2,23,29)(H,25,30)/t18-,19-/m0/s1. The third kappa shape index (κ3) is 6.18. The van der Waals surface area contributed by atoms with Crippen LogP contribution in [0.1, 0.15) is 58.3 Å². The van der Waals surface area contributed by atoms with Crippen LogP contribution < -0.4 is 16.4 Å². The van der Waals surface area contributed by atoms with Crippen molar-refractivity contribution in [1.29, 1.82) is 0 Å². The lowest BCUT2D eigenvalue weighted by atomic mass is 9.84. The molecule has 1 aliphatic carbocycles. The molecule has 9 heteroatoms. The maximum Gasteiger partial charge on any atom is 0.245 e. The number of primary amides is 1. The Labute approximate surface area is 184 Å². The molecule has 9 nitrogen and oxygen atoms in total. The van der Waals surface area contributed by atoms with Gasteiger partial charge in [0.2, 0.25) is 23.6 Å². The zero-order valence-corrected chi connectivity index (χ0v) is 18.6. The van der Waals surface area contributed by atoms with E-state index in [2.05, 4.69) is 10.6 Å². The van der Waals surface area contributed by atoms with Crippen molar-refractivity contribution in [3.63, 3.8) is 0 Å². The van der Waals surface area contributed by atoms with Crippen molar-refractivity contribution in [2.24, 2.45) is 17.6 Å². The van der Waals surface area contributed by atoms with Gasteiger partial charge >= 0.3 is 0 Å². The van der Waals surface area contributed by atoms with E-state index in [-0.39, 0.29) is 24.3 Å². The Morgan fingerprint density at radius 1 is 1.03 bits per heavy atom. The molecule has 0 spiro atoms. The van der Waals surface area contributed by atoms with Gasteiger partial charge in [-0.1, -0.05) is 32.1 Å². The van der Waals surface area contributed by atoms with Crippen LogP contribution in [0, 0.1) is 11.8 Å². The highest BCUT2D eigenvalue weighted by Gasteiger charge is 2.40. The second kappa shape index (κ2) is 10.9. The summed E-state index contributed by atoms with van der Waals surface area (Å²) in [6, 6.07) is -1.55. The minimum atomic E-state index is -0.798. The summed E-state index contributed by atoms with van der Waals surface area (Å²) in [7, 11) is 0. The Hall–Kier alpha value is -2.16. The predicted octanol–water partition coefficient (Wildman–Crippen LogP) is -0.0142. The average molecular weight is 436 g/mol. The second-order valence-corrected chi connectivity index (χ2v) is 9.24. The smallest absolute Gasteiger partial charge is 0.245 e. The van der Waals surface area contributed by atoms with Crippen LogP contribution in [0.4, 0.5) is 0 Å². The molecule has 3 fully saturated rings. The summed E-state index contributed by atoms with van der Waals surface area (Å²) in [4.78, 5) is 53.7. The maximum absolute atomic E-state index is 13.3. The molecule has 2 aliphatic heterocycles. The molecular weight excluding hydrogens is 398 g/mol. The van der Waals surface area contributed by atoms with Crippen LogP contribution >= 0.6 is 0 Å². The van der Waals surface area contributed by atoms with E-state index in [0.29, 0.717) is 25.4 Å². The van der Waals surface area contributed by atoms with Gasteiger partial charge in [-0.15, -0.1) is 0 Å². The van der Waals surface area contributed by atoms with E-state index in [4.69, 9.17) is 5.73 Å². The quantitative estimate of drug-likeness (QED) is 0.541. The second-order valence-electron chi connectivity index (χ2n) is 9.24. The number of amides is 4. The number of hydrogen-bond donors (Lipinski definition) is 3. The molecule has 2 heterocycles. The summed E-state index contributed by atoms with van der Waals surface area (Å²) < 4.78 is 0. The average Bonchev–Trinajstić information content (AvgIpc) is 2.78. The number of carbonyl (C=O) groups excluding carboxylic acids is 4. The van der Waals surface area contributed by atoms with E-state index in [1.165, 1.54) is 13.3 Å². The molecule has 174 valence electrons. The summed E-state index contributed by atoms with van der Waals surface area (Å²) in [6.45, 7) is 3.92. The molecule has 0 bridgehead atoms. The summed E-state index contributed by atoms with van der Waals surface area (Å²) in [6.07, 6.45) is 7.59. The minimum absolute atomic E-state index is 0.0345. The van der Waals surface area contributed by atoms with E-state index >= 15 is 0 Å². The monoisotopic (exact) mass is 435 g/mol. The molecule has 0 aromatic rings. The molecule has 4 amide bonds. The molecule has 4 N–H and O–H groups in total. The van der Waals surface area contributed by atoms with Crippen LogP contribution in [0.2, 0.25) is 0 Å². The summed E-state index contributed by atoms with van der Waals surface area (Å²) in [5, 5.41) is 6.07. The molecule has 0 unspecified atom stereocenters. The van der Waals surface area contributed by atoms with Crippen molar-refractivity contribution < 1.29 is 19.2 Å². The normalized spacial score (nSPS) is 24.5. The lowest BCUT2D eigenvalue weighted by Gasteiger charge is -2.42. The molecule has 3 rings (SSSR count). The Bertz CT molecular complexity index is 673. The molecule has 2 saturated heterocycles. The van der Waals surface area contributed by atoms with Crippen LogP contribution in [0.5, 0.6) is 0 Å². The minimum Gasteiger partial charge on any atom is -0.368 e. The number of carbonyl (C=O) groups is 4. The predicted molar refractivity (Wildman–Crippen MR) is 116 cm³/mol. The van der Waals surface area contributed by atoms with Gasteiger partial charge in [0.25, 0.3) is 0 Å². The zero-order valence-electron chi connectivity index (χ0n) is 18.6. The van der Waals surface area contributed by atoms with Gasteiger partial charge in [-0.05, 0) is 38.3 Å². The van der Waals surface area contributed by atoms with Crippen molar-refractivity contribution in [2.45, 2.75) is 70.4 Å². The highest BCUT2D eigenvalue weighted by atomic mass is 16.2. The van der Waals surface area contributed by atoms with Gasteiger partial charge in [0.1, 0.15) is 12.1 Å². The number of piperazine rings is 1. The van der Waals surface area contributed by atoms with Crippen LogP contribution in [0.25, 0.3) is 0 Å². The highest BCUT2D eigenvalue weighted by Crippen LogP contribution is 2.27. The van der Waals surface area contributed by atoms with E-state index in [0.717, 1.165) is 51.6 Å². The van der Waals surface area contributed by atoms with Crippen LogP contribution in [-0.4, -0.2) is 78.2 Å². The third-order valence-corrected chi connectivity index (χ3v) is 7.05. The van der Waals surface area contributed by atoms with Crippen LogP contribution in [-0.2, 0) is 19.2 Å². The van der Waals surface area contributed by atoms with Crippen molar-refractivity contribution >= 4 is 23.6 Å². The number of nitrogens with two attached hydrogens (primary N) is 1. The van der Waals surface area contributed by atoms with Crippen molar-refractivity contribution in [1.82, 2.24) is 20.4 Å². The number of nitrogens with zero attached hydrogens (tertiary/aromatic N) is 2. The van der Waals surface area contributed by atoms with E-state index < -0.39 is 23.9 Å². The fourth-order valence-corrected chi connectivity index (χ4v) is 5.13. The summed E-state index contributed by atoms with van der Waals surface area (Å²) >= 11 is 0. The summed E-state index contributed by atoms with van der Waals surface area (Å²) in [5.74, 6) is -0.843. The number of hydrogen-bond acceptors (Lipinski definition) is 5. The van der Waals surface area contributed by atoms with Crippen molar-refractivity contribution in [3.8, 4) is 0 Å². The Morgan fingerprint density at radius 2 is 1.71 bits per heavy atom. The van der Waals surface area contributed by atoms with Gasteiger partial charge in [0.05, 0.1) is 6.54 Å². The SMILES string of the molecule is CC(=O)N1CCN(C(=O)C2CCNCC2)[C@H](C(=O)N[C@@H](CC2CCCCC2)C(N)=O)C1. The van der Waals surface area contributed by atoms with Gasteiger partial charge in [-0.25, -0.2) is 0 Å². The van der Waals surface area contributed by atoms with Gasteiger partial charge in [-0.3, -0.25) is 19.2 Å². The molecule has 3 aliphatic rings. The van der Waals surface area contributed by atoms with Crippen molar-refractivity contribution in [2.75, 3.05) is 32.7 Å². The lowest BCUT2D eigenvalue weighted by molar-refractivity contribution is -0.151.